The van der Waals surface area contributed by atoms with E-state index in [1.165, 1.54) is 17.3 Å². The highest BCUT2D eigenvalue weighted by Crippen LogP contribution is 2.56. The van der Waals surface area contributed by atoms with Crippen molar-refractivity contribution in [2.45, 2.75) is 37.5 Å². The Labute approximate surface area is 185 Å². The molecule has 0 radical (unpaired) electrons. The number of nitrogens with zero attached hydrogens (tertiary/aromatic N) is 2. The second kappa shape index (κ2) is 7.57. The van der Waals surface area contributed by atoms with Gasteiger partial charge in [0.1, 0.15) is 5.54 Å². The highest BCUT2D eigenvalue weighted by Gasteiger charge is 2.53. The first-order chi connectivity index (χ1) is 15.1. The number of nitrogens with two attached hydrogens (primary N) is 1. The summed E-state index contributed by atoms with van der Waals surface area (Å²) in [5.74, 6) is 1.82. The number of hydrogen-bond donors (Lipinski definition) is 1. The van der Waals surface area contributed by atoms with Gasteiger partial charge < -0.3 is 15.2 Å². The molecule has 2 aromatic rings. The van der Waals surface area contributed by atoms with E-state index in [-0.39, 0.29) is 11.8 Å². The Morgan fingerprint density at radius 2 is 2.00 bits per heavy atom. The Kier molecular flexibility index (Phi) is 4.81. The zero-order chi connectivity index (χ0) is 21.0. The number of amidine groups is 1. The molecule has 2 N–H and O–H groups in total. The average molecular weight is 440 g/mol. The molecule has 1 aromatic heterocycles. The van der Waals surface area contributed by atoms with E-state index >= 15 is 0 Å². The summed E-state index contributed by atoms with van der Waals surface area (Å²) in [7, 11) is 0. The number of aromatic nitrogens is 1. The summed E-state index contributed by atoms with van der Waals surface area (Å²) in [5.41, 5.74) is 9.81. The molecule has 2 unspecified atom stereocenters. The molecule has 2 fully saturated rings. The number of hydrogen-bond acceptors (Lipinski definition) is 6. The van der Waals surface area contributed by atoms with E-state index in [4.69, 9.17) is 20.2 Å². The van der Waals surface area contributed by atoms with Gasteiger partial charge in [-0.3, -0.25) is 4.99 Å². The van der Waals surface area contributed by atoms with E-state index in [0.717, 1.165) is 37.0 Å². The molecule has 6 rings (SSSR count). The summed E-state index contributed by atoms with van der Waals surface area (Å²) < 4.78 is 26.1. The summed E-state index contributed by atoms with van der Waals surface area (Å²) in [4.78, 5) is 8.91. The smallest absolute Gasteiger partial charge is 0.220 e. The van der Waals surface area contributed by atoms with E-state index in [9.17, 15) is 4.39 Å². The lowest BCUT2D eigenvalue weighted by Crippen LogP contribution is -2.47. The number of benzene rings is 1. The van der Waals surface area contributed by atoms with Gasteiger partial charge in [-0.2, -0.15) is 4.39 Å². The predicted molar refractivity (Wildman–Crippen MR) is 119 cm³/mol. The van der Waals surface area contributed by atoms with Gasteiger partial charge in [-0.05, 0) is 72.4 Å². The standard InChI is InChI=1S/C24H26FN3O2S/c25-21-18(2-1-7-27-21)14-3-4-15-10-17-11-16(22-29-8-9-30-22)5-6-19(17)24(20(15)12-14)13-31-23(26)28-24/h1-4,7,12,16-17,19,22H,5-6,8-11,13H2,(H2,26,28)/t16?,17-,19+,24?/m0/s1. The van der Waals surface area contributed by atoms with Crippen LogP contribution in [0.3, 0.4) is 0 Å². The fourth-order valence-corrected chi connectivity index (χ4v) is 7.26. The summed E-state index contributed by atoms with van der Waals surface area (Å²) in [6, 6.07) is 9.89. The zero-order valence-electron chi connectivity index (χ0n) is 17.3. The van der Waals surface area contributed by atoms with Crippen LogP contribution in [-0.2, 0) is 21.4 Å². The molecule has 3 heterocycles. The van der Waals surface area contributed by atoms with Gasteiger partial charge >= 0.3 is 0 Å². The van der Waals surface area contributed by atoms with E-state index in [0.29, 0.717) is 41.7 Å². The maximum absolute atomic E-state index is 14.4. The molecule has 0 amide bonds. The first-order valence-corrected chi connectivity index (χ1v) is 12.1. The largest absolute Gasteiger partial charge is 0.379 e. The summed E-state index contributed by atoms with van der Waals surface area (Å²) in [6.45, 7) is 1.40. The molecule has 4 atom stereocenters. The van der Waals surface area contributed by atoms with Crippen molar-refractivity contribution in [2.75, 3.05) is 19.0 Å². The molecule has 1 saturated heterocycles. The first kappa shape index (κ1) is 19.7. The summed E-state index contributed by atoms with van der Waals surface area (Å²) >= 11 is 1.64. The maximum Gasteiger partial charge on any atom is 0.220 e. The van der Waals surface area contributed by atoms with Crippen molar-refractivity contribution in [1.29, 1.82) is 0 Å². The Morgan fingerprint density at radius 3 is 2.77 bits per heavy atom. The molecule has 1 spiro atoms. The molecular weight excluding hydrogens is 413 g/mol. The van der Waals surface area contributed by atoms with Crippen LogP contribution < -0.4 is 5.73 Å². The van der Waals surface area contributed by atoms with Crippen LogP contribution in [0.5, 0.6) is 0 Å². The van der Waals surface area contributed by atoms with Gasteiger partial charge in [0.15, 0.2) is 11.5 Å². The van der Waals surface area contributed by atoms with E-state index in [2.05, 4.69) is 17.1 Å². The van der Waals surface area contributed by atoms with Crippen molar-refractivity contribution in [1.82, 2.24) is 4.98 Å². The Hall–Kier alpha value is -1.96. The Bertz CT molecular complexity index is 1040. The first-order valence-electron chi connectivity index (χ1n) is 11.1. The highest BCUT2D eigenvalue weighted by atomic mass is 32.2. The number of aliphatic imine (C=N–C) groups is 1. The van der Waals surface area contributed by atoms with Gasteiger partial charge in [0, 0.05) is 23.4 Å². The van der Waals surface area contributed by atoms with Crippen LogP contribution in [0.1, 0.15) is 30.4 Å². The molecule has 5 nitrogen and oxygen atoms in total. The molecular formula is C24H26FN3O2S. The Balaban J connectivity index is 1.41. The normalized spacial score (nSPS) is 32.7. The van der Waals surface area contributed by atoms with E-state index in [1.54, 1.807) is 23.9 Å². The number of thioether (sulfide) groups is 1. The lowest BCUT2D eigenvalue weighted by Gasteiger charge is -2.49. The van der Waals surface area contributed by atoms with Crippen molar-refractivity contribution < 1.29 is 13.9 Å². The topological polar surface area (TPSA) is 69.7 Å². The molecule has 2 aliphatic heterocycles. The fourth-order valence-electron chi connectivity index (χ4n) is 6.23. The van der Waals surface area contributed by atoms with Crippen LogP contribution in [0.2, 0.25) is 0 Å². The fraction of sp³-hybridized carbons (Fsp3) is 0.500. The number of ether oxygens (including phenoxy) is 2. The third kappa shape index (κ3) is 3.20. The number of fused-ring (bicyclic) bond motifs is 4. The number of halogens is 1. The lowest BCUT2D eigenvalue weighted by atomic mass is 9.58. The molecule has 4 aliphatic rings. The van der Waals surface area contributed by atoms with Crippen LogP contribution >= 0.6 is 11.8 Å². The van der Waals surface area contributed by atoms with Crippen LogP contribution in [0.4, 0.5) is 4.39 Å². The van der Waals surface area contributed by atoms with Gasteiger partial charge in [-0.1, -0.05) is 23.9 Å². The number of rotatable bonds is 2. The van der Waals surface area contributed by atoms with Crippen molar-refractivity contribution >= 4 is 16.9 Å². The van der Waals surface area contributed by atoms with Gasteiger partial charge in [0.05, 0.1) is 13.2 Å². The molecule has 0 bridgehead atoms. The van der Waals surface area contributed by atoms with Gasteiger partial charge in [0.2, 0.25) is 5.95 Å². The minimum atomic E-state index is -0.439. The Morgan fingerprint density at radius 1 is 1.13 bits per heavy atom. The van der Waals surface area contributed by atoms with Crippen LogP contribution in [-0.4, -0.2) is 35.4 Å². The minimum absolute atomic E-state index is 0.0549. The quantitative estimate of drug-likeness (QED) is 0.714. The summed E-state index contributed by atoms with van der Waals surface area (Å²) in [5, 5.41) is 0.661. The van der Waals surface area contributed by atoms with Crippen LogP contribution in [0.25, 0.3) is 11.1 Å². The van der Waals surface area contributed by atoms with Gasteiger partial charge in [0.25, 0.3) is 0 Å². The monoisotopic (exact) mass is 439 g/mol. The average Bonchev–Trinajstić information content (AvgIpc) is 3.45. The van der Waals surface area contributed by atoms with Crippen LogP contribution in [0.15, 0.2) is 41.5 Å². The lowest BCUT2D eigenvalue weighted by molar-refractivity contribution is -0.106. The maximum atomic E-state index is 14.4. The molecule has 7 heteroatoms. The van der Waals surface area contributed by atoms with Crippen molar-refractivity contribution in [3.63, 3.8) is 0 Å². The number of pyridine rings is 1. The molecule has 31 heavy (non-hydrogen) atoms. The molecule has 2 aliphatic carbocycles. The SMILES string of the molecule is NC1=NC2(CS1)c1cc(-c3cccnc3F)ccc1C[C@H]1CC(C3OCCO3)CC[C@H]12. The summed E-state index contributed by atoms with van der Waals surface area (Å²) in [6.07, 6.45) is 5.70. The van der Waals surface area contributed by atoms with Gasteiger partial charge in [-0.15, -0.1) is 0 Å². The third-order valence-electron chi connectivity index (χ3n) is 7.55. The zero-order valence-corrected chi connectivity index (χ0v) is 18.1. The van der Waals surface area contributed by atoms with Crippen LogP contribution in [0, 0.1) is 23.7 Å². The van der Waals surface area contributed by atoms with Gasteiger partial charge in [-0.25, -0.2) is 4.98 Å². The molecule has 1 saturated carbocycles. The highest BCUT2D eigenvalue weighted by molar-refractivity contribution is 8.14. The predicted octanol–water partition coefficient (Wildman–Crippen LogP) is 4.11. The van der Waals surface area contributed by atoms with Crippen molar-refractivity contribution in [3.8, 4) is 11.1 Å². The van der Waals surface area contributed by atoms with E-state index in [1.807, 2.05) is 6.07 Å². The second-order valence-corrected chi connectivity index (χ2v) is 10.1. The third-order valence-corrected chi connectivity index (χ3v) is 8.52. The second-order valence-electron chi connectivity index (χ2n) is 9.13. The van der Waals surface area contributed by atoms with E-state index < -0.39 is 5.95 Å². The minimum Gasteiger partial charge on any atom is -0.379 e. The van der Waals surface area contributed by atoms with Crippen molar-refractivity contribution in [3.05, 3.63) is 53.6 Å². The molecule has 162 valence electrons. The molecule has 1 aromatic carbocycles. The van der Waals surface area contributed by atoms with Crippen molar-refractivity contribution in [2.24, 2.45) is 28.5 Å².